The van der Waals surface area contributed by atoms with E-state index in [-0.39, 0.29) is 11.2 Å². The van der Waals surface area contributed by atoms with Crippen LogP contribution in [0.25, 0.3) is 0 Å². The monoisotopic (exact) mass is 257 g/mol. The number of ether oxygens (including phenoxy) is 1. The van der Waals surface area contributed by atoms with Gasteiger partial charge in [-0.05, 0) is 25.0 Å². The maximum Gasteiger partial charge on any atom is 0.387 e. The third-order valence-corrected chi connectivity index (χ3v) is 2.63. The number of pyridine rings is 1. The molecule has 0 saturated heterocycles. The van der Waals surface area contributed by atoms with Crippen LogP contribution in [0.4, 0.5) is 8.78 Å². The molecule has 0 spiro atoms. The standard InChI is InChI=1S/C14H21F2NO/c1-5-6-7-10-8-9-11(18-13(15)16)12(17-10)14(2,3)4/h8-9,13H,5-7H2,1-4H3. The molecule has 0 fully saturated rings. The zero-order valence-electron chi connectivity index (χ0n) is 11.5. The van der Waals surface area contributed by atoms with Crippen molar-refractivity contribution < 1.29 is 13.5 Å². The van der Waals surface area contributed by atoms with E-state index in [2.05, 4.69) is 16.6 Å². The highest BCUT2D eigenvalue weighted by Crippen LogP contribution is 2.31. The lowest BCUT2D eigenvalue weighted by Gasteiger charge is -2.22. The van der Waals surface area contributed by atoms with E-state index in [1.807, 2.05) is 20.8 Å². The Balaban J connectivity index is 3.05. The Bertz CT molecular complexity index is 386. The highest BCUT2D eigenvalue weighted by molar-refractivity contribution is 5.34. The van der Waals surface area contributed by atoms with Gasteiger partial charge in [-0.1, -0.05) is 34.1 Å². The second-order valence-electron chi connectivity index (χ2n) is 5.38. The predicted molar refractivity (Wildman–Crippen MR) is 68.2 cm³/mol. The fraction of sp³-hybridized carbons (Fsp3) is 0.643. The van der Waals surface area contributed by atoms with E-state index in [4.69, 9.17) is 0 Å². The molecular weight excluding hydrogens is 236 g/mol. The molecule has 0 unspecified atom stereocenters. The first-order valence-electron chi connectivity index (χ1n) is 6.29. The number of aryl methyl sites for hydroxylation is 1. The average Bonchev–Trinajstić information content (AvgIpc) is 2.25. The van der Waals surface area contributed by atoms with Crippen molar-refractivity contribution in [1.29, 1.82) is 0 Å². The summed E-state index contributed by atoms with van der Waals surface area (Å²) in [6, 6.07) is 3.37. The molecule has 102 valence electrons. The lowest BCUT2D eigenvalue weighted by molar-refractivity contribution is -0.0512. The molecule has 18 heavy (non-hydrogen) atoms. The lowest BCUT2D eigenvalue weighted by Crippen LogP contribution is -2.18. The summed E-state index contributed by atoms with van der Waals surface area (Å²) in [4.78, 5) is 4.48. The molecule has 1 aromatic heterocycles. The number of nitrogens with zero attached hydrogens (tertiary/aromatic N) is 1. The van der Waals surface area contributed by atoms with Gasteiger partial charge in [-0.25, -0.2) is 0 Å². The van der Waals surface area contributed by atoms with Crippen molar-refractivity contribution in [1.82, 2.24) is 4.98 Å². The van der Waals surface area contributed by atoms with Crippen molar-refractivity contribution in [3.8, 4) is 5.75 Å². The molecule has 0 N–H and O–H groups in total. The molecule has 4 heteroatoms. The Labute approximate surface area is 107 Å². The number of aromatic nitrogens is 1. The molecule has 1 aromatic rings. The van der Waals surface area contributed by atoms with E-state index in [0.29, 0.717) is 5.69 Å². The summed E-state index contributed by atoms with van der Waals surface area (Å²) in [5.74, 6) is 0.178. The van der Waals surface area contributed by atoms with Crippen LogP contribution in [0.5, 0.6) is 5.75 Å². The highest BCUT2D eigenvalue weighted by Gasteiger charge is 2.23. The Morgan fingerprint density at radius 1 is 1.28 bits per heavy atom. The summed E-state index contributed by atoms with van der Waals surface area (Å²) < 4.78 is 29.2. The zero-order chi connectivity index (χ0) is 13.8. The minimum absolute atomic E-state index is 0.178. The van der Waals surface area contributed by atoms with E-state index in [9.17, 15) is 8.78 Å². The van der Waals surface area contributed by atoms with Gasteiger partial charge < -0.3 is 4.74 Å². The number of hydrogen-bond acceptors (Lipinski definition) is 2. The third-order valence-electron chi connectivity index (χ3n) is 2.63. The first-order chi connectivity index (χ1) is 8.34. The highest BCUT2D eigenvalue weighted by atomic mass is 19.3. The molecule has 0 amide bonds. The topological polar surface area (TPSA) is 22.1 Å². The van der Waals surface area contributed by atoms with Crippen LogP contribution in [0.15, 0.2) is 12.1 Å². The van der Waals surface area contributed by atoms with Gasteiger partial charge in [0.25, 0.3) is 0 Å². The van der Waals surface area contributed by atoms with E-state index >= 15 is 0 Å². The van der Waals surface area contributed by atoms with Gasteiger partial charge in [0, 0.05) is 11.1 Å². The van der Waals surface area contributed by atoms with Crippen LogP contribution >= 0.6 is 0 Å². The van der Waals surface area contributed by atoms with Gasteiger partial charge in [-0.15, -0.1) is 0 Å². The van der Waals surface area contributed by atoms with Crippen LogP contribution in [0, 0.1) is 0 Å². The van der Waals surface area contributed by atoms with E-state index in [0.717, 1.165) is 25.0 Å². The van der Waals surface area contributed by atoms with Crippen molar-refractivity contribution in [3.05, 3.63) is 23.5 Å². The second kappa shape index (κ2) is 6.12. The summed E-state index contributed by atoms with van der Waals surface area (Å²) >= 11 is 0. The van der Waals surface area contributed by atoms with Gasteiger partial charge in [0.2, 0.25) is 0 Å². The molecular formula is C14H21F2NO. The Morgan fingerprint density at radius 3 is 2.44 bits per heavy atom. The van der Waals surface area contributed by atoms with Gasteiger partial charge in [-0.3, -0.25) is 4.98 Å². The third kappa shape index (κ3) is 4.24. The van der Waals surface area contributed by atoms with E-state index in [1.54, 1.807) is 12.1 Å². The normalized spacial score (nSPS) is 11.9. The summed E-state index contributed by atoms with van der Waals surface area (Å²) in [6.45, 7) is 5.12. The molecule has 0 aromatic carbocycles. The molecule has 0 bridgehead atoms. The first kappa shape index (κ1) is 14.9. The van der Waals surface area contributed by atoms with Crippen molar-refractivity contribution in [3.63, 3.8) is 0 Å². The first-order valence-corrected chi connectivity index (χ1v) is 6.29. The summed E-state index contributed by atoms with van der Waals surface area (Å²) in [6.07, 6.45) is 3.00. The van der Waals surface area contributed by atoms with E-state index in [1.165, 1.54) is 0 Å². The SMILES string of the molecule is CCCCc1ccc(OC(F)F)c(C(C)(C)C)n1. The number of halogens is 2. The van der Waals surface area contributed by atoms with Crippen molar-refractivity contribution in [2.24, 2.45) is 0 Å². The summed E-state index contributed by atoms with van der Waals surface area (Å²) in [5.41, 5.74) is 1.21. The maximum absolute atomic E-state index is 12.3. The molecule has 0 aliphatic heterocycles. The van der Waals surface area contributed by atoms with Crippen molar-refractivity contribution in [2.75, 3.05) is 0 Å². The van der Waals surface area contributed by atoms with Crippen LogP contribution < -0.4 is 4.74 Å². The van der Waals surface area contributed by atoms with Gasteiger partial charge in [0.15, 0.2) is 0 Å². The molecule has 1 heterocycles. The lowest BCUT2D eigenvalue weighted by atomic mass is 9.90. The smallest absolute Gasteiger partial charge is 0.387 e. The minimum Gasteiger partial charge on any atom is -0.433 e. The second-order valence-corrected chi connectivity index (χ2v) is 5.38. The Hall–Kier alpha value is -1.19. The quantitative estimate of drug-likeness (QED) is 0.783. The van der Waals surface area contributed by atoms with Crippen molar-refractivity contribution >= 4 is 0 Å². The number of alkyl halides is 2. The molecule has 0 radical (unpaired) electrons. The van der Waals surface area contributed by atoms with Crippen molar-refractivity contribution in [2.45, 2.75) is 59.0 Å². The molecule has 0 saturated carbocycles. The van der Waals surface area contributed by atoms with Gasteiger partial charge >= 0.3 is 6.61 Å². The molecule has 1 rings (SSSR count). The van der Waals surface area contributed by atoms with Gasteiger partial charge in [0.05, 0.1) is 5.69 Å². The van der Waals surface area contributed by atoms with Crippen LogP contribution in [-0.2, 0) is 11.8 Å². The summed E-state index contributed by atoms with van der Waals surface area (Å²) in [5, 5.41) is 0. The van der Waals surface area contributed by atoms with Gasteiger partial charge in [-0.2, -0.15) is 8.78 Å². The van der Waals surface area contributed by atoms with Crippen LogP contribution in [0.3, 0.4) is 0 Å². The fourth-order valence-corrected chi connectivity index (χ4v) is 1.71. The predicted octanol–water partition coefficient (Wildman–Crippen LogP) is 4.32. The Kier molecular flexibility index (Phi) is 5.05. The maximum atomic E-state index is 12.3. The molecule has 0 aliphatic carbocycles. The number of hydrogen-bond donors (Lipinski definition) is 0. The zero-order valence-corrected chi connectivity index (χ0v) is 11.5. The number of rotatable bonds is 5. The fourth-order valence-electron chi connectivity index (χ4n) is 1.71. The molecule has 2 nitrogen and oxygen atoms in total. The minimum atomic E-state index is -2.81. The number of unbranched alkanes of at least 4 members (excludes halogenated alkanes) is 1. The molecule has 0 atom stereocenters. The largest absolute Gasteiger partial charge is 0.433 e. The van der Waals surface area contributed by atoms with Crippen LogP contribution in [-0.4, -0.2) is 11.6 Å². The van der Waals surface area contributed by atoms with Gasteiger partial charge in [0.1, 0.15) is 5.75 Å². The Morgan fingerprint density at radius 2 is 1.94 bits per heavy atom. The summed E-state index contributed by atoms with van der Waals surface area (Å²) in [7, 11) is 0. The van der Waals surface area contributed by atoms with E-state index < -0.39 is 6.61 Å². The molecule has 0 aliphatic rings. The average molecular weight is 257 g/mol. The van der Waals surface area contributed by atoms with Crippen LogP contribution in [0.2, 0.25) is 0 Å². The van der Waals surface area contributed by atoms with Crippen LogP contribution in [0.1, 0.15) is 51.9 Å².